The van der Waals surface area contributed by atoms with Crippen LogP contribution in [0.1, 0.15) is 5.69 Å². The molecule has 1 N–H and O–H groups in total. The van der Waals surface area contributed by atoms with Gasteiger partial charge in [0, 0.05) is 18.1 Å². The first kappa shape index (κ1) is 17.2. The maximum atomic E-state index is 11.6. The van der Waals surface area contributed by atoms with Crippen LogP contribution >= 0.6 is 0 Å². The highest BCUT2D eigenvalue weighted by Gasteiger charge is 2.23. The number of rotatable bonds is 5. The highest BCUT2D eigenvalue weighted by molar-refractivity contribution is 5.77. The molecule has 3 aromatic rings. The Kier molecular flexibility index (Phi) is 4.70. The van der Waals surface area contributed by atoms with Gasteiger partial charge in [0.05, 0.1) is 25.5 Å². The van der Waals surface area contributed by atoms with E-state index in [1.54, 1.807) is 31.2 Å². The molecule has 0 radical (unpaired) electrons. The van der Waals surface area contributed by atoms with Gasteiger partial charge in [-0.15, -0.1) is 5.11 Å². The molecule has 0 spiro atoms. The molecule has 9 heteroatoms. The quantitative estimate of drug-likeness (QED) is 0.553. The van der Waals surface area contributed by atoms with Crippen LogP contribution in [0, 0.1) is 12.1 Å². The molecule has 0 bridgehead atoms. The van der Waals surface area contributed by atoms with Crippen molar-refractivity contribution >= 4 is 11.4 Å². The molecule has 0 aliphatic carbocycles. The van der Waals surface area contributed by atoms with Gasteiger partial charge in [-0.05, 0) is 35.2 Å². The predicted octanol–water partition coefficient (Wildman–Crippen LogP) is 3.42. The van der Waals surface area contributed by atoms with Crippen LogP contribution in [-0.4, -0.2) is 24.5 Å². The van der Waals surface area contributed by atoms with Crippen molar-refractivity contribution < 1.29 is 24.1 Å². The van der Waals surface area contributed by atoms with Crippen LogP contribution in [0.2, 0.25) is 0 Å². The normalized spacial score (nSPS) is 11.0. The Morgan fingerprint density at radius 1 is 1.08 bits per heavy atom. The third-order valence-corrected chi connectivity index (χ3v) is 3.70. The van der Waals surface area contributed by atoms with Crippen molar-refractivity contribution in [1.82, 2.24) is 5.16 Å². The first-order chi connectivity index (χ1) is 12.5. The molecule has 0 amide bonds. The summed E-state index contributed by atoms with van der Waals surface area (Å²) in [7, 11) is 3.01. The van der Waals surface area contributed by atoms with E-state index in [4.69, 9.17) is 9.47 Å². The number of phenols is 1. The number of aromatic hydroxyl groups is 1. The van der Waals surface area contributed by atoms with Crippen molar-refractivity contribution in [1.29, 1.82) is 0 Å². The van der Waals surface area contributed by atoms with Gasteiger partial charge in [-0.3, -0.25) is 4.63 Å². The van der Waals surface area contributed by atoms with E-state index in [9.17, 15) is 10.3 Å². The van der Waals surface area contributed by atoms with E-state index in [0.29, 0.717) is 39.0 Å². The third-order valence-electron chi connectivity index (χ3n) is 3.70. The molecule has 0 aliphatic rings. The van der Waals surface area contributed by atoms with Crippen molar-refractivity contribution in [3.8, 4) is 28.5 Å². The summed E-state index contributed by atoms with van der Waals surface area (Å²) in [4.78, 5) is 0.312. The van der Waals surface area contributed by atoms with Gasteiger partial charge in [-0.2, -0.15) is 5.11 Å². The second-order valence-electron chi connectivity index (χ2n) is 5.30. The van der Waals surface area contributed by atoms with Gasteiger partial charge < -0.3 is 19.8 Å². The molecule has 134 valence electrons. The molecular formula is C17H16N4O5. The fourth-order valence-corrected chi connectivity index (χ4v) is 2.31. The maximum Gasteiger partial charge on any atom is 0.253 e. The average molecular weight is 356 g/mol. The number of benzene rings is 2. The van der Waals surface area contributed by atoms with Crippen molar-refractivity contribution in [3.63, 3.8) is 0 Å². The predicted molar refractivity (Wildman–Crippen MR) is 91.0 cm³/mol. The fourth-order valence-electron chi connectivity index (χ4n) is 2.31. The zero-order valence-electron chi connectivity index (χ0n) is 14.3. The van der Waals surface area contributed by atoms with Gasteiger partial charge >= 0.3 is 0 Å². The highest BCUT2D eigenvalue weighted by atomic mass is 16.8. The van der Waals surface area contributed by atoms with Gasteiger partial charge in [-0.25, -0.2) is 0 Å². The minimum Gasteiger partial charge on any atom is -0.508 e. The van der Waals surface area contributed by atoms with Crippen molar-refractivity contribution in [2.45, 2.75) is 6.92 Å². The van der Waals surface area contributed by atoms with Crippen molar-refractivity contribution in [2.24, 2.45) is 10.2 Å². The molecule has 3 rings (SSSR count). The maximum absolute atomic E-state index is 11.6. The first-order valence-electron chi connectivity index (χ1n) is 7.57. The lowest BCUT2D eigenvalue weighted by Gasteiger charge is -2.10. The number of hydrogen-bond acceptors (Lipinski definition) is 8. The zero-order valence-corrected chi connectivity index (χ0v) is 14.3. The molecule has 0 aliphatic heterocycles. The second-order valence-corrected chi connectivity index (χ2v) is 5.30. The molecule has 26 heavy (non-hydrogen) atoms. The Hall–Kier alpha value is -3.62. The molecule has 1 heterocycles. The molecule has 0 unspecified atom stereocenters. The van der Waals surface area contributed by atoms with Crippen LogP contribution in [0.3, 0.4) is 0 Å². The van der Waals surface area contributed by atoms with E-state index in [2.05, 4.69) is 20.0 Å². The number of methoxy groups -OCH3 is 2. The van der Waals surface area contributed by atoms with Crippen LogP contribution in [0.5, 0.6) is 17.2 Å². The second kappa shape index (κ2) is 7.09. The van der Waals surface area contributed by atoms with Crippen LogP contribution in [0.15, 0.2) is 51.3 Å². The molecule has 1 aromatic heterocycles. The molecule has 0 fully saturated rings. The summed E-state index contributed by atoms with van der Waals surface area (Å²) < 4.78 is 15.3. The smallest absolute Gasteiger partial charge is 0.253 e. The summed E-state index contributed by atoms with van der Waals surface area (Å²) in [5, 5.41) is 33.1. The van der Waals surface area contributed by atoms with Gasteiger partial charge in [0.1, 0.15) is 11.4 Å². The Morgan fingerprint density at radius 2 is 1.73 bits per heavy atom. The summed E-state index contributed by atoms with van der Waals surface area (Å²) in [5.74, 6) is 1.03. The Labute approximate surface area is 148 Å². The summed E-state index contributed by atoms with van der Waals surface area (Å²) >= 11 is 0. The first-order valence-corrected chi connectivity index (χ1v) is 7.57. The Bertz CT molecular complexity index is 951. The molecule has 0 saturated heterocycles. The summed E-state index contributed by atoms with van der Waals surface area (Å²) in [6.45, 7) is 1.58. The number of aromatic nitrogens is 2. The van der Waals surface area contributed by atoms with Gasteiger partial charge in [0.15, 0.2) is 11.5 Å². The van der Waals surface area contributed by atoms with Gasteiger partial charge in [0.2, 0.25) is 5.69 Å². The number of phenolic OH excluding ortho intramolecular Hbond substituents is 1. The lowest BCUT2D eigenvalue weighted by molar-refractivity contribution is -0.806. The van der Waals surface area contributed by atoms with Crippen LogP contribution in [-0.2, 0) is 0 Å². The molecule has 0 atom stereocenters. The molecule has 0 saturated carbocycles. The van der Waals surface area contributed by atoms with E-state index < -0.39 is 0 Å². The SMILES string of the molecule is COc1cc(N=Nc2ccc(O)cc2)c(-c2no[n+]([O-])c2C)cc1OC. The fraction of sp³-hybridized carbons (Fsp3) is 0.176. The third kappa shape index (κ3) is 3.27. The van der Waals surface area contributed by atoms with E-state index in [-0.39, 0.29) is 11.4 Å². The minimum absolute atomic E-state index is 0.133. The lowest BCUT2D eigenvalue weighted by Crippen LogP contribution is -2.25. The summed E-state index contributed by atoms with van der Waals surface area (Å²) in [6.07, 6.45) is 0. The molecular weight excluding hydrogens is 340 g/mol. The Morgan fingerprint density at radius 3 is 2.31 bits per heavy atom. The van der Waals surface area contributed by atoms with E-state index in [0.717, 1.165) is 0 Å². The van der Waals surface area contributed by atoms with Crippen molar-refractivity contribution in [3.05, 3.63) is 47.3 Å². The van der Waals surface area contributed by atoms with Crippen molar-refractivity contribution in [2.75, 3.05) is 14.2 Å². The number of azo groups is 1. The van der Waals surface area contributed by atoms with Crippen LogP contribution in [0.25, 0.3) is 11.3 Å². The average Bonchev–Trinajstić information content (AvgIpc) is 2.99. The standard InChI is InChI=1S/C17H16N4O5/c1-10-17(20-26-21(10)23)13-8-15(24-2)16(25-3)9-14(13)19-18-11-4-6-12(22)7-5-11/h4-9,22H,1-3H3. The lowest BCUT2D eigenvalue weighted by atomic mass is 10.1. The zero-order chi connectivity index (χ0) is 18.7. The van der Waals surface area contributed by atoms with E-state index >= 15 is 0 Å². The van der Waals surface area contributed by atoms with Gasteiger partial charge in [0.25, 0.3) is 5.69 Å². The van der Waals surface area contributed by atoms with E-state index in [1.165, 1.54) is 26.4 Å². The number of nitrogens with zero attached hydrogens (tertiary/aromatic N) is 4. The van der Waals surface area contributed by atoms with Gasteiger partial charge in [-0.1, -0.05) is 0 Å². The monoisotopic (exact) mass is 356 g/mol. The summed E-state index contributed by atoms with van der Waals surface area (Å²) in [5.41, 5.74) is 2.05. The molecule has 9 nitrogen and oxygen atoms in total. The largest absolute Gasteiger partial charge is 0.508 e. The Balaban J connectivity index is 2.12. The van der Waals surface area contributed by atoms with Crippen LogP contribution in [0.4, 0.5) is 11.4 Å². The number of hydrogen-bond donors (Lipinski definition) is 1. The topological polar surface area (TPSA) is 116 Å². The molecule has 2 aromatic carbocycles. The van der Waals surface area contributed by atoms with Crippen LogP contribution < -0.4 is 14.4 Å². The summed E-state index contributed by atoms with van der Waals surface area (Å²) in [6, 6.07) is 9.52. The minimum atomic E-state index is 0.133. The number of ether oxygens (including phenoxy) is 2. The highest BCUT2D eigenvalue weighted by Crippen LogP contribution is 2.40. The van der Waals surface area contributed by atoms with E-state index in [1.807, 2.05) is 0 Å².